The standard InChI is InChI=1S/C16H19ClFNO/c1-10-4-3-5-13(8-10)19-15(20)9-12-6-7-14(17)16(18)11(12)2/h3-5,8,12,14,16H,2,6-7,9H2,1H3,(H,19,20). The second-order valence-electron chi connectivity index (χ2n) is 5.39. The molecule has 3 atom stereocenters. The van der Waals surface area contributed by atoms with Gasteiger partial charge in [0.15, 0.2) is 0 Å². The third kappa shape index (κ3) is 3.60. The number of nitrogens with one attached hydrogen (secondary N) is 1. The molecule has 1 aliphatic carbocycles. The molecule has 0 spiro atoms. The van der Waals surface area contributed by atoms with Crippen molar-refractivity contribution >= 4 is 23.2 Å². The molecule has 1 aromatic rings. The van der Waals surface area contributed by atoms with Gasteiger partial charge >= 0.3 is 0 Å². The topological polar surface area (TPSA) is 29.1 Å². The fourth-order valence-electron chi connectivity index (χ4n) is 2.54. The molecule has 1 aromatic carbocycles. The number of anilines is 1. The van der Waals surface area contributed by atoms with E-state index in [4.69, 9.17) is 11.6 Å². The molecule has 0 aromatic heterocycles. The second kappa shape index (κ2) is 6.40. The van der Waals surface area contributed by atoms with Crippen molar-refractivity contribution in [3.63, 3.8) is 0 Å². The lowest BCUT2D eigenvalue weighted by molar-refractivity contribution is -0.117. The summed E-state index contributed by atoms with van der Waals surface area (Å²) in [5.74, 6) is -0.230. The molecule has 1 saturated carbocycles. The van der Waals surface area contributed by atoms with Gasteiger partial charge in [0.1, 0.15) is 6.17 Å². The van der Waals surface area contributed by atoms with Gasteiger partial charge in [0, 0.05) is 12.1 Å². The SMILES string of the molecule is C=C1C(CC(=O)Nc2cccc(C)c2)CCC(Cl)C1F. The minimum absolute atomic E-state index is 0.109. The van der Waals surface area contributed by atoms with Crippen LogP contribution in [-0.2, 0) is 4.79 Å². The molecule has 20 heavy (non-hydrogen) atoms. The van der Waals surface area contributed by atoms with E-state index >= 15 is 0 Å². The van der Waals surface area contributed by atoms with Gasteiger partial charge in [-0.3, -0.25) is 4.79 Å². The molecule has 0 radical (unpaired) electrons. The number of halogens is 2. The zero-order valence-corrected chi connectivity index (χ0v) is 12.3. The maximum absolute atomic E-state index is 13.8. The smallest absolute Gasteiger partial charge is 0.224 e. The Morgan fingerprint density at radius 2 is 2.25 bits per heavy atom. The van der Waals surface area contributed by atoms with Crippen LogP contribution in [0.5, 0.6) is 0 Å². The number of hydrogen-bond acceptors (Lipinski definition) is 1. The Morgan fingerprint density at radius 3 is 2.95 bits per heavy atom. The Kier molecular flexibility index (Phi) is 4.81. The van der Waals surface area contributed by atoms with Crippen molar-refractivity contribution in [1.29, 1.82) is 0 Å². The molecule has 0 heterocycles. The van der Waals surface area contributed by atoms with Crippen molar-refractivity contribution < 1.29 is 9.18 Å². The molecule has 2 rings (SSSR count). The van der Waals surface area contributed by atoms with Crippen LogP contribution < -0.4 is 5.32 Å². The summed E-state index contributed by atoms with van der Waals surface area (Å²) in [5, 5.41) is 2.34. The van der Waals surface area contributed by atoms with E-state index in [-0.39, 0.29) is 18.2 Å². The first-order chi connectivity index (χ1) is 9.47. The molecule has 1 aliphatic rings. The van der Waals surface area contributed by atoms with E-state index < -0.39 is 11.5 Å². The van der Waals surface area contributed by atoms with Crippen LogP contribution in [0.4, 0.5) is 10.1 Å². The molecule has 0 aliphatic heterocycles. The maximum atomic E-state index is 13.8. The minimum Gasteiger partial charge on any atom is -0.326 e. The number of aryl methyl sites for hydroxylation is 1. The fraction of sp³-hybridized carbons (Fsp3) is 0.438. The fourth-order valence-corrected chi connectivity index (χ4v) is 2.83. The third-order valence-electron chi connectivity index (χ3n) is 3.72. The monoisotopic (exact) mass is 295 g/mol. The Bertz CT molecular complexity index is 517. The molecule has 3 unspecified atom stereocenters. The van der Waals surface area contributed by atoms with Crippen molar-refractivity contribution in [1.82, 2.24) is 0 Å². The number of allylic oxidation sites excluding steroid dienone is 1. The summed E-state index contributed by atoms with van der Waals surface area (Å²) in [6.07, 6.45) is 0.359. The molecule has 108 valence electrons. The molecular formula is C16H19ClFNO. The Labute approximate surface area is 124 Å². The largest absolute Gasteiger partial charge is 0.326 e. The first-order valence-corrected chi connectivity index (χ1v) is 7.24. The van der Waals surface area contributed by atoms with Gasteiger partial charge in [-0.2, -0.15) is 0 Å². The van der Waals surface area contributed by atoms with Crippen molar-refractivity contribution in [3.05, 3.63) is 42.0 Å². The highest BCUT2D eigenvalue weighted by Crippen LogP contribution is 2.35. The van der Waals surface area contributed by atoms with Crippen molar-refractivity contribution in [3.8, 4) is 0 Å². The van der Waals surface area contributed by atoms with Crippen LogP contribution in [0.25, 0.3) is 0 Å². The Balaban J connectivity index is 1.93. The van der Waals surface area contributed by atoms with Crippen LogP contribution >= 0.6 is 11.6 Å². The van der Waals surface area contributed by atoms with E-state index in [1.807, 2.05) is 31.2 Å². The minimum atomic E-state index is -1.21. The summed E-state index contributed by atoms with van der Waals surface area (Å²) in [4.78, 5) is 12.0. The van der Waals surface area contributed by atoms with Crippen LogP contribution in [0, 0.1) is 12.8 Å². The predicted octanol–water partition coefficient (Wildman–Crippen LogP) is 4.24. The lowest BCUT2D eigenvalue weighted by Crippen LogP contribution is -2.31. The predicted molar refractivity (Wildman–Crippen MR) is 80.8 cm³/mol. The molecular weight excluding hydrogens is 277 g/mol. The zero-order chi connectivity index (χ0) is 14.7. The number of alkyl halides is 2. The third-order valence-corrected chi connectivity index (χ3v) is 4.16. The van der Waals surface area contributed by atoms with Crippen molar-refractivity contribution in [2.75, 3.05) is 5.32 Å². The van der Waals surface area contributed by atoms with Gasteiger partial charge in [-0.05, 0) is 49.0 Å². The van der Waals surface area contributed by atoms with Gasteiger partial charge in [-0.25, -0.2) is 4.39 Å². The molecule has 2 nitrogen and oxygen atoms in total. The van der Waals surface area contributed by atoms with E-state index in [9.17, 15) is 9.18 Å². The molecule has 4 heteroatoms. The molecule has 1 fully saturated rings. The Hall–Kier alpha value is -1.35. The van der Waals surface area contributed by atoms with Gasteiger partial charge < -0.3 is 5.32 Å². The first-order valence-electron chi connectivity index (χ1n) is 6.80. The summed E-state index contributed by atoms with van der Waals surface area (Å²) in [5.41, 5.74) is 2.30. The summed E-state index contributed by atoms with van der Waals surface area (Å²) in [7, 11) is 0. The van der Waals surface area contributed by atoms with Gasteiger partial charge in [-0.1, -0.05) is 18.7 Å². The van der Waals surface area contributed by atoms with Gasteiger partial charge in [0.25, 0.3) is 0 Å². The van der Waals surface area contributed by atoms with E-state index in [0.717, 1.165) is 11.3 Å². The first kappa shape index (κ1) is 15.0. The van der Waals surface area contributed by atoms with E-state index in [2.05, 4.69) is 11.9 Å². The van der Waals surface area contributed by atoms with Crippen molar-refractivity contribution in [2.45, 2.75) is 37.7 Å². The van der Waals surface area contributed by atoms with Crippen molar-refractivity contribution in [2.24, 2.45) is 5.92 Å². The number of carbonyl (C=O) groups excluding carboxylic acids is 1. The summed E-state index contributed by atoms with van der Waals surface area (Å²) >= 11 is 5.87. The average molecular weight is 296 g/mol. The van der Waals surface area contributed by atoms with E-state index in [1.165, 1.54) is 0 Å². The van der Waals surface area contributed by atoms with Crippen LogP contribution in [-0.4, -0.2) is 17.5 Å². The number of rotatable bonds is 3. The average Bonchev–Trinajstić information content (AvgIpc) is 2.39. The van der Waals surface area contributed by atoms with Crippen LogP contribution in [0.15, 0.2) is 36.4 Å². The van der Waals surface area contributed by atoms with Crippen LogP contribution in [0.1, 0.15) is 24.8 Å². The van der Waals surface area contributed by atoms with Gasteiger partial charge in [0.05, 0.1) is 5.38 Å². The van der Waals surface area contributed by atoms with Crippen LogP contribution in [0.2, 0.25) is 0 Å². The quantitative estimate of drug-likeness (QED) is 0.656. The zero-order valence-electron chi connectivity index (χ0n) is 11.5. The molecule has 1 amide bonds. The van der Waals surface area contributed by atoms with E-state index in [1.54, 1.807) is 0 Å². The highest BCUT2D eigenvalue weighted by molar-refractivity contribution is 6.21. The number of carbonyl (C=O) groups is 1. The highest BCUT2D eigenvalue weighted by atomic mass is 35.5. The summed E-state index contributed by atoms with van der Waals surface area (Å²) < 4.78 is 13.8. The number of benzene rings is 1. The summed E-state index contributed by atoms with van der Waals surface area (Å²) in [6.45, 7) is 5.73. The Morgan fingerprint density at radius 1 is 1.50 bits per heavy atom. The van der Waals surface area contributed by atoms with Gasteiger partial charge in [-0.15, -0.1) is 11.6 Å². The van der Waals surface area contributed by atoms with Gasteiger partial charge in [0.2, 0.25) is 5.91 Å². The van der Waals surface area contributed by atoms with Crippen LogP contribution in [0.3, 0.4) is 0 Å². The van der Waals surface area contributed by atoms with E-state index in [0.29, 0.717) is 18.4 Å². The number of amides is 1. The molecule has 0 bridgehead atoms. The number of hydrogen-bond donors (Lipinski definition) is 1. The maximum Gasteiger partial charge on any atom is 0.224 e. The second-order valence-corrected chi connectivity index (χ2v) is 5.95. The normalized spacial score (nSPS) is 26.4. The molecule has 0 saturated heterocycles. The summed E-state index contributed by atoms with van der Waals surface area (Å²) in [6, 6.07) is 7.60. The molecule has 1 N–H and O–H groups in total. The lowest BCUT2D eigenvalue weighted by Gasteiger charge is -2.30. The lowest BCUT2D eigenvalue weighted by atomic mass is 9.81. The highest BCUT2D eigenvalue weighted by Gasteiger charge is 2.33.